The molecule has 0 aromatic rings. The Balaban J connectivity index is 2.69. The first-order valence-electron chi connectivity index (χ1n) is 4.07. The summed E-state index contributed by atoms with van der Waals surface area (Å²) < 4.78 is 22.2. The molecule has 0 N–H and O–H groups in total. The van der Waals surface area contributed by atoms with Crippen LogP contribution >= 0.6 is 0 Å². The Labute approximate surface area is 78.2 Å². The number of rotatable bonds is 3. The summed E-state index contributed by atoms with van der Waals surface area (Å²) in [7, 11) is 0.532. The zero-order valence-corrected chi connectivity index (χ0v) is 8.62. The molecule has 0 unspecified atom stereocenters. The van der Waals surface area contributed by atoms with Crippen molar-refractivity contribution in [3.63, 3.8) is 0 Å². The van der Waals surface area contributed by atoms with Gasteiger partial charge in [0.1, 0.15) is 0 Å². The van der Waals surface area contributed by atoms with E-state index in [0.29, 0.717) is 12.8 Å². The van der Waals surface area contributed by atoms with Crippen molar-refractivity contribution in [2.24, 2.45) is 0 Å². The number of carbonyl (C=O) groups is 1. The quantitative estimate of drug-likeness (QED) is 0.444. The number of carbonyl (C=O) groups excluding carboxylic acids is 1. The van der Waals surface area contributed by atoms with Crippen LogP contribution in [-0.2, 0) is 14.6 Å². The highest BCUT2D eigenvalue weighted by molar-refractivity contribution is 7.91. The fourth-order valence-corrected chi connectivity index (χ4v) is 3.19. The molecule has 0 aromatic carbocycles. The third kappa shape index (κ3) is 2.41. The first-order chi connectivity index (χ1) is 5.96. The lowest BCUT2D eigenvalue weighted by atomic mass is 10.2. The molecular formula is C7H14N2O3S. The van der Waals surface area contributed by atoms with Gasteiger partial charge in [0, 0.05) is 14.1 Å². The zero-order chi connectivity index (χ0) is 10.1. The Kier molecular flexibility index (Phi) is 2.92. The minimum atomic E-state index is -2.91. The third-order valence-corrected chi connectivity index (χ3v) is 3.90. The molecule has 1 aliphatic rings. The van der Waals surface area contributed by atoms with Crippen molar-refractivity contribution in [1.82, 2.24) is 10.0 Å². The highest BCUT2D eigenvalue weighted by atomic mass is 32.2. The second-order valence-corrected chi connectivity index (χ2v) is 5.62. The molecule has 1 rings (SSSR count). The standard InChI is InChI=1S/C7H14N2O3S/c1-8(2)9(6-10)7-3-4-13(11,12)5-7/h6-7H,3-5H2,1-2H3/t7-/m0/s1. The first-order valence-corrected chi connectivity index (χ1v) is 5.90. The summed E-state index contributed by atoms with van der Waals surface area (Å²) in [5, 5.41) is 3.03. The van der Waals surface area contributed by atoms with Crippen molar-refractivity contribution >= 4 is 16.2 Å². The average Bonchev–Trinajstić information content (AvgIpc) is 2.31. The molecule has 0 aliphatic carbocycles. The van der Waals surface area contributed by atoms with Crippen molar-refractivity contribution in [2.45, 2.75) is 12.5 Å². The summed E-state index contributed by atoms with van der Waals surface area (Å²) in [5.74, 6) is 0.278. The van der Waals surface area contributed by atoms with Crippen molar-refractivity contribution in [1.29, 1.82) is 0 Å². The van der Waals surface area contributed by atoms with Gasteiger partial charge in [0.15, 0.2) is 9.84 Å². The molecule has 0 spiro atoms. The van der Waals surface area contributed by atoms with Crippen molar-refractivity contribution in [3.05, 3.63) is 0 Å². The fraction of sp³-hybridized carbons (Fsp3) is 0.857. The van der Waals surface area contributed by atoms with Gasteiger partial charge in [-0.1, -0.05) is 0 Å². The van der Waals surface area contributed by atoms with Gasteiger partial charge in [-0.15, -0.1) is 0 Å². The van der Waals surface area contributed by atoms with Crippen LogP contribution in [0.1, 0.15) is 6.42 Å². The minimum Gasteiger partial charge on any atom is -0.277 e. The normalized spacial score (nSPS) is 26.2. The summed E-state index contributed by atoms with van der Waals surface area (Å²) in [6.45, 7) is 0. The molecule has 13 heavy (non-hydrogen) atoms. The summed E-state index contributed by atoms with van der Waals surface area (Å²) in [6, 6.07) is -0.183. The molecule has 76 valence electrons. The molecule has 1 amide bonds. The summed E-state index contributed by atoms with van der Waals surface area (Å²) in [4.78, 5) is 10.6. The lowest BCUT2D eigenvalue weighted by molar-refractivity contribution is -0.134. The van der Waals surface area contributed by atoms with Crippen LogP contribution in [0.2, 0.25) is 0 Å². The van der Waals surface area contributed by atoms with Gasteiger partial charge >= 0.3 is 0 Å². The number of sulfone groups is 1. The van der Waals surface area contributed by atoms with Crippen LogP contribution in [0.4, 0.5) is 0 Å². The number of nitrogens with zero attached hydrogens (tertiary/aromatic N) is 2. The van der Waals surface area contributed by atoms with Crippen molar-refractivity contribution in [3.8, 4) is 0 Å². The topological polar surface area (TPSA) is 57.7 Å². The molecule has 1 heterocycles. The minimum absolute atomic E-state index is 0.0872. The van der Waals surface area contributed by atoms with Crippen LogP contribution in [0.3, 0.4) is 0 Å². The number of amides is 1. The van der Waals surface area contributed by atoms with Crippen LogP contribution in [0, 0.1) is 0 Å². The van der Waals surface area contributed by atoms with E-state index in [0.717, 1.165) is 0 Å². The van der Waals surface area contributed by atoms with Gasteiger partial charge in [-0.3, -0.25) is 9.80 Å². The van der Waals surface area contributed by atoms with Gasteiger partial charge in [-0.2, -0.15) is 0 Å². The lowest BCUT2D eigenvalue weighted by Gasteiger charge is -2.29. The predicted molar refractivity (Wildman–Crippen MR) is 48.6 cm³/mol. The third-order valence-electron chi connectivity index (χ3n) is 2.15. The molecule has 1 saturated heterocycles. The number of hydrazine groups is 1. The van der Waals surface area contributed by atoms with E-state index in [9.17, 15) is 13.2 Å². The zero-order valence-electron chi connectivity index (χ0n) is 7.80. The van der Waals surface area contributed by atoms with E-state index in [2.05, 4.69) is 0 Å². The van der Waals surface area contributed by atoms with Gasteiger partial charge < -0.3 is 0 Å². The smallest absolute Gasteiger partial charge is 0.224 e. The van der Waals surface area contributed by atoms with Crippen LogP contribution < -0.4 is 0 Å². The largest absolute Gasteiger partial charge is 0.277 e. The highest BCUT2D eigenvalue weighted by Gasteiger charge is 2.32. The van der Waals surface area contributed by atoms with Crippen molar-refractivity contribution in [2.75, 3.05) is 25.6 Å². The van der Waals surface area contributed by atoms with E-state index in [-0.39, 0.29) is 17.5 Å². The molecule has 1 aliphatic heterocycles. The maximum atomic E-state index is 11.1. The molecule has 1 atom stereocenters. The Morgan fingerprint density at radius 1 is 1.38 bits per heavy atom. The summed E-state index contributed by atoms with van der Waals surface area (Å²) >= 11 is 0. The number of hydrogen-bond donors (Lipinski definition) is 0. The van der Waals surface area contributed by atoms with Gasteiger partial charge in [0.2, 0.25) is 6.41 Å². The average molecular weight is 206 g/mol. The lowest BCUT2D eigenvalue weighted by Crippen LogP contribution is -2.44. The Morgan fingerprint density at radius 2 is 2.00 bits per heavy atom. The first kappa shape index (κ1) is 10.5. The second kappa shape index (κ2) is 3.63. The van der Waals surface area contributed by atoms with Crippen molar-refractivity contribution < 1.29 is 13.2 Å². The van der Waals surface area contributed by atoms with E-state index < -0.39 is 9.84 Å². The molecule has 0 aromatic heterocycles. The predicted octanol–water partition coefficient (Wildman–Crippen LogP) is -0.891. The van der Waals surface area contributed by atoms with Crippen LogP contribution in [0.15, 0.2) is 0 Å². The second-order valence-electron chi connectivity index (χ2n) is 3.39. The van der Waals surface area contributed by atoms with E-state index in [1.54, 1.807) is 19.1 Å². The molecule has 0 radical (unpaired) electrons. The summed E-state index contributed by atoms with van der Waals surface area (Å²) in [6.07, 6.45) is 1.21. The van der Waals surface area contributed by atoms with Crippen LogP contribution in [0.5, 0.6) is 0 Å². The Bertz CT molecular complexity index is 286. The maximum absolute atomic E-state index is 11.1. The molecular weight excluding hydrogens is 192 g/mol. The van der Waals surface area contributed by atoms with Gasteiger partial charge in [-0.25, -0.2) is 13.4 Å². The SMILES string of the molecule is CN(C)N(C=O)[C@H]1CCS(=O)(=O)C1. The molecule has 5 nitrogen and oxygen atoms in total. The van der Waals surface area contributed by atoms with Gasteiger partial charge in [-0.05, 0) is 6.42 Å². The van der Waals surface area contributed by atoms with Crippen LogP contribution in [0.25, 0.3) is 0 Å². The van der Waals surface area contributed by atoms with E-state index >= 15 is 0 Å². The van der Waals surface area contributed by atoms with Gasteiger partial charge in [0.05, 0.1) is 17.5 Å². The Hall–Kier alpha value is -0.620. The Morgan fingerprint density at radius 3 is 2.31 bits per heavy atom. The molecule has 1 fully saturated rings. The maximum Gasteiger partial charge on any atom is 0.224 e. The summed E-state index contributed by atoms with van der Waals surface area (Å²) in [5.41, 5.74) is 0. The van der Waals surface area contributed by atoms with Gasteiger partial charge in [0.25, 0.3) is 0 Å². The number of hydrogen-bond acceptors (Lipinski definition) is 4. The fourth-order valence-electron chi connectivity index (χ4n) is 1.49. The molecule has 0 saturated carbocycles. The van der Waals surface area contributed by atoms with E-state index in [1.807, 2.05) is 0 Å². The highest BCUT2D eigenvalue weighted by Crippen LogP contribution is 2.16. The monoisotopic (exact) mass is 206 g/mol. The molecule has 6 heteroatoms. The van der Waals surface area contributed by atoms with E-state index in [1.165, 1.54) is 5.01 Å². The van der Waals surface area contributed by atoms with Crippen LogP contribution in [-0.4, -0.2) is 56.5 Å². The van der Waals surface area contributed by atoms with E-state index in [4.69, 9.17) is 0 Å². The molecule has 0 bridgehead atoms.